The van der Waals surface area contributed by atoms with Crippen LogP contribution in [0.3, 0.4) is 0 Å². The molecule has 2 aromatic rings. The van der Waals surface area contributed by atoms with Gasteiger partial charge >= 0.3 is 0 Å². The fraction of sp³-hybridized carbons (Fsp3) is 0.462. The van der Waals surface area contributed by atoms with Crippen molar-refractivity contribution in [1.29, 1.82) is 0 Å². The second-order valence-corrected chi connectivity index (χ2v) is 8.86. The fourth-order valence-corrected chi connectivity index (χ4v) is 3.95. The average molecular weight is 472 g/mol. The number of amides is 2. The van der Waals surface area contributed by atoms with E-state index < -0.39 is 6.04 Å². The molecule has 0 aliphatic carbocycles. The van der Waals surface area contributed by atoms with Gasteiger partial charge in [0.1, 0.15) is 18.4 Å². The Hall–Kier alpha value is -2.57. The Kier molecular flexibility index (Phi) is 10.0. The fourth-order valence-electron chi connectivity index (χ4n) is 3.82. The molecule has 2 aromatic carbocycles. The molecular weight excluding hydrogens is 438 g/mol. The van der Waals surface area contributed by atoms with E-state index >= 15 is 0 Å². The number of nitrogens with zero attached hydrogens (tertiary/aromatic N) is 1. The predicted molar refractivity (Wildman–Crippen MR) is 132 cm³/mol. The summed E-state index contributed by atoms with van der Waals surface area (Å²) >= 11 is 5.92. The quantitative estimate of drug-likeness (QED) is 0.458. The van der Waals surface area contributed by atoms with Gasteiger partial charge in [-0.1, -0.05) is 37.1 Å². The Balaban J connectivity index is 1.58. The lowest BCUT2D eigenvalue weighted by Gasteiger charge is -2.19. The molecular formula is C26H34ClN3O3. The highest BCUT2D eigenvalue weighted by Gasteiger charge is 2.22. The van der Waals surface area contributed by atoms with Crippen molar-refractivity contribution >= 4 is 23.4 Å². The van der Waals surface area contributed by atoms with Crippen LogP contribution in [0, 0.1) is 0 Å². The van der Waals surface area contributed by atoms with Gasteiger partial charge in [0.2, 0.25) is 5.91 Å². The first-order chi connectivity index (χ1) is 16.0. The number of carbonyl (C=O) groups is 2. The van der Waals surface area contributed by atoms with Crippen molar-refractivity contribution in [3.05, 3.63) is 64.7 Å². The summed E-state index contributed by atoms with van der Waals surface area (Å²) in [5.41, 5.74) is 1.42. The summed E-state index contributed by atoms with van der Waals surface area (Å²) in [6.45, 7) is 6.59. The summed E-state index contributed by atoms with van der Waals surface area (Å²) in [7, 11) is 0. The molecule has 2 N–H and O–H groups in total. The minimum atomic E-state index is -0.674. The maximum absolute atomic E-state index is 12.8. The topological polar surface area (TPSA) is 70.7 Å². The SMILES string of the molecule is CCCCNC(=O)C(Cc1ccc(OCCN2CCCC2)cc1)NC(=O)c1ccc(Cl)cc1. The lowest BCUT2D eigenvalue weighted by molar-refractivity contribution is -0.122. The van der Waals surface area contributed by atoms with Gasteiger partial charge < -0.3 is 15.4 Å². The highest BCUT2D eigenvalue weighted by atomic mass is 35.5. The summed E-state index contributed by atoms with van der Waals surface area (Å²) in [5, 5.41) is 6.37. The molecule has 1 atom stereocenters. The molecule has 1 aliphatic rings. The van der Waals surface area contributed by atoms with Crippen LogP contribution < -0.4 is 15.4 Å². The molecule has 0 aromatic heterocycles. The molecule has 1 saturated heterocycles. The van der Waals surface area contributed by atoms with Gasteiger partial charge in [0.25, 0.3) is 5.91 Å². The minimum Gasteiger partial charge on any atom is -0.492 e. The first kappa shape index (κ1) is 25.1. The van der Waals surface area contributed by atoms with E-state index in [-0.39, 0.29) is 11.8 Å². The smallest absolute Gasteiger partial charge is 0.251 e. The molecule has 1 aliphatic heterocycles. The van der Waals surface area contributed by atoms with Crippen molar-refractivity contribution in [2.24, 2.45) is 0 Å². The largest absolute Gasteiger partial charge is 0.492 e. The Labute approximate surface area is 201 Å². The second-order valence-electron chi connectivity index (χ2n) is 8.42. The van der Waals surface area contributed by atoms with Crippen molar-refractivity contribution in [2.45, 2.75) is 45.1 Å². The van der Waals surface area contributed by atoms with Gasteiger partial charge in [-0.2, -0.15) is 0 Å². The van der Waals surface area contributed by atoms with Gasteiger partial charge in [-0.15, -0.1) is 0 Å². The number of benzene rings is 2. The predicted octanol–water partition coefficient (Wildman–Crippen LogP) is 4.07. The van der Waals surface area contributed by atoms with E-state index in [1.165, 1.54) is 12.8 Å². The van der Waals surface area contributed by atoms with Crippen LogP contribution in [0.4, 0.5) is 0 Å². The van der Waals surface area contributed by atoms with Crippen LogP contribution in [-0.4, -0.2) is 55.5 Å². The van der Waals surface area contributed by atoms with Crippen LogP contribution in [0.15, 0.2) is 48.5 Å². The number of rotatable bonds is 12. The molecule has 0 radical (unpaired) electrons. The average Bonchev–Trinajstić information content (AvgIpc) is 3.34. The third-order valence-corrected chi connectivity index (χ3v) is 6.05. The number of halogens is 1. The molecule has 1 unspecified atom stereocenters. The molecule has 6 nitrogen and oxygen atoms in total. The van der Waals surface area contributed by atoms with Crippen molar-refractivity contribution in [3.63, 3.8) is 0 Å². The number of likely N-dealkylation sites (tertiary alicyclic amines) is 1. The summed E-state index contributed by atoms with van der Waals surface area (Å²) in [6.07, 6.45) is 4.83. The van der Waals surface area contributed by atoms with Crippen LogP contribution in [0.2, 0.25) is 5.02 Å². The van der Waals surface area contributed by atoms with Crippen molar-refractivity contribution in [1.82, 2.24) is 15.5 Å². The minimum absolute atomic E-state index is 0.184. The van der Waals surface area contributed by atoms with Crippen LogP contribution in [0.25, 0.3) is 0 Å². The first-order valence-electron chi connectivity index (χ1n) is 11.8. The summed E-state index contributed by atoms with van der Waals surface area (Å²) in [6, 6.07) is 13.7. The first-order valence-corrected chi connectivity index (χ1v) is 12.2. The van der Waals surface area contributed by atoms with E-state index in [0.717, 1.165) is 43.8 Å². The summed E-state index contributed by atoms with van der Waals surface area (Å²) in [5.74, 6) is 0.327. The van der Waals surface area contributed by atoms with E-state index in [9.17, 15) is 9.59 Å². The normalized spacial score (nSPS) is 14.6. The number of ether oxygens (including phenoxy) is 1. The molecule has 2 amide bonds. The zero-order valence-corrected chi connectivity index (χ0v) is 20.1. The molecule has 1 fully saturated rings. The molecule has 0 bridgehead atoms. The number of hydrogen-bond donors (Lipinski definition) is 2. The van der Waals surface area contributed by atoms with E-state index in [4.69, 9.17) is 16.3 Å². The van der Waals surface area contributed by atoms with Crippen LogP contribution in [0.1, 0.15) is 48.5 Å². The Bertz CT molecular complexity index is 881. The second kappa shape index (κ2) is 13.2. The maximum Gasteiger partial charge on any atom is 0.251 e. The van der Waals surface area contributed by atoms with E-state index in [1.54, 1.807) is 24.3 Å². The van der Waals surface area contributed by atoms with Gasteiger partial charge in [-0.25, -0.2) is 0 Å². The third kappa shape index (κ3) is 8.37. The molecule has 7 heteroatoms. The number of carbonyl (C=O) groups excluding carboxylic acids is 2. The van der Waals surface area contributed by atoms with Gasteiger partial charge in [-0.05, 0) is 74.3 Å². The Morgan fingerprint density at radius 3 is 2.42 bits per heavy atom. The monoisotopic (exact) mass is 471 g/mol. The number of unbranched alkanes of at least 4 members (excludes halogenated alkanes) is 1. The Morgan fingerprint density at radius 2 is 1.76 bits per heavy atom. The van der Waals surface area contributed by atoms with Gasteiger partial charge in [0.05, 0.1) is 0 Å². The van der Waals surface area contributed by atoms with Gasteiger partial charge in [0.15, 0.2) is 0 Å². The highest BCUT2D eigenvalue weighted by Crippen LogP contribution is 2.15. The van der Waals surface area contributed by atoms with Crippen molar-refractivity contribution in [2.75, 3.05) is 32.8 Å². The summed E-state index contributed by atoms with van der Waals surface area (Å²) in [4.78, 5) is 27.9. The number of hydrogen-bond acceptors (Lipinski definition) is 4. The lowest BCUT2D eigenvalue weighted by atomic mass is 10.0. The third-order valence-electron chi connectivity index (χ3n) is 5.80. The van der Waals surface area contributed by atoms with Crippen molar-refractivity contribution in [3.8, 4) is 5.75 Å². The molecule has 33 heavy (non-hydrogen) atoms. The standard InChI is InChI=1S/C26H34ClN3O3/c1-2-3-14-28-26(32)24(29-25(31)21-8-10-22(27)11-9-21)19-20-6-12-23(13-7-20)33-18-17-30-15-4-5-16-30/h6-13,24H,2-5,14-19H2,1H3,(H,28,32)(H,29,31). The lowest BCUT2D eigenvalue weighted by Crippen LogP contribution is -2.48. The zero-order chi connectivity index (χ0) is 23.5. The van der Waals surface area contributed by atoms with E-state index in [1.807, 2.05) is 24.3 Å². The molecule has 0 spiro atoms. The zero-order valence-electron chi connectivity index (χ0n) is 19.3. The van der Waals surface area contributed by atoms with E-state index in [0.29, 0.717) is 30.2 Å². The van der Waals surface area contributed by atoms with Crippen molar-refractivity contribution < 1.29 is 14.3 Å². The molecule has 3 rings (SSSR count). The maximum atomic E-state index is 12.8. The molecule has 1 heterocycles. The van der Waals surface area contributed by atoms with Gasteiger partial charge in [-0.3, -0.25) is 14.5 Å². The van der Waals surface area contributed by atoms with Crippen LogP contribution >= 0.6 is 11.6 Å². The van der Waals surface area contributed by atoms with E-state index in [2.05, 4.69) is 22.5 Å². The van der Waals surface area contributed by atoms with Crippen LogP contribution in [-0.2, 0) is 11.2 Å². The number of nitrogens with one attached hydrogen (secondary N) is 2. The van der Waals surface area contributed by atoms with Crippen LogP contribution in [0.5, 0.6) is 5.75 Å². The highest BCUT2D eigenvalue weighted by molar-refractivity contribution is 6.30. The molecule has 178 valence electrons. The Morgan fingerprint density at radius 1 is 1.06 bits per heavy atom. The molecule has 0 saturated carbocycles. The summed E-state index contributed by atoms with van der Waals surface area (Å²) < 4.78 is 5.87. The van der Waals surface area contributed by atoms with Gasteiger partial charge in [0, 0.05) is 30.1 Å².